The molecule has 198 valence electrons. The van der Waals surface area contributed by atoms with Gasteiger partial charge in [0.1, 0.15) is 0 Å². The van der Waals surface area contributed by atoms with Crippen LogP contribution in [0, 0.1) is 17.8 Å². The number of rotatable bonds is 4. The van der Waals surface area contributed by atoms with Gasteiger partial charge in [0.05, 0.1) is 16.3 Å². The van der Waals surface area contributed by atoms with Crippen molar-refractivity contribution in [1.82, 2.24) is 9.47 Å². The molecule has 5 heterocycles. The van der Waals surface area contributed by atoms with Gasteiger partial charge in [0, 0.05) is 56.0 Å². The van der Waals surface area contributed by atoms with Crippen LogP contribution in [0.3, 0.4) is 0 Å². The average molecular weight is 531 g/mol. The van der Waals surface area contributed by atoms with E-state index in [1.165, 1.54) is 11.3 Å². The molecule has 2 aromatic heterocycles. The molecule has 3 aliphatic rings. The molecule has 7 nitrogen and oxygen atoms in total. The van der Waals surface area contributed by atoms with Crippen molar-refractivity contribution in [2.45, 2.75) is 39.2 Å². The van der Waals surface area contributed by atoms with E-state index >= 15 is 0 Å². The van der Waals surface area contributed by atoms with Crippen molar-refractivity contribution in [3.63, 3.8) is 0 Å². The molecular formula is C30H34N4O3S. The second kappa shape index (κ2) is 10.1. The van der Waals surface area contributed by atoms with Crippen molar-refractivity contribution < 1.29 is 9.59 Å². The predicted octanol–water partition coefficient (Wildman–Crippen LogP) is 4.90. The first-order valence-electron chi connectivity index (χ1n) is 13.6. The molecular weight excluding hydrogens is 496 g/mol. The molecule has 38 heavy (non-hydrogen) atoms. The zero-order valence-corrected chi connectivity index (χ0v) is 22.7. The van der Waals surface area contributed by atoms with E-state index in [9.17, 15) is 14.4 Å². The number of nitrogens with one attached hydrogen (secondary N) is 1. The van der Waals surface area contributed by atoms with Gasteiger partial charge in [0.15, 0.2) is 0 Å². The third kappa shape index (κ3) is 4.77. The Hall–Kier alpha value is -3.39. The molecule has 8 heteroatoms. The van der Waals surface area contributed by atoms with Crippen LogP contribution in [0.4, 0.5) is 11.4 Å². The van der Waals surface area contributed by atoms with Crippen LogP contribution in [0.25, 0.3) is 0 Å². The van der Waals surface area contributed by atoms with Crippen molar-refractivity contribution in [3.8, 4) is 0 Å². The number of hydrogen-bond acceptors (Lipinski definition) is 5. The number of carbonyl (C=O) groups is 2. The van der Waals surface area contributed by atoms with Gasteiger partial charge in [0.25, 0.3) is 17.4 Å². The van der Waals surface area contributed by atoms with E-state index in [4.69, 9.17) is 0 Å². The normalized spacial score (nSPS) is 24.6. The van der Waals surface area contributed by atoms with Crippen LogP contribution >= 0.6 is 11.3 Å². The minimum atomic E-state index is -0.167. The Morgan fingerprint density at radius 3 is 2.50 bits per heavy atom. The topological polar surface area (TPSA) is 74.7 Å². The maximum absolute atomic E-state index is 13.5. The van der Waals surface area contributed by atoms with Crippen LogP contribution in [0.2, 0.25) is 0 Å². The molecule has 0 aliphatic carbocycles. The highest BCUT2D eigenvalue weighted by atomic mass is 32.1. The monoisotopic (exact) mass is 530 g/mol. The van der Waals surface area contributed by atoms with E-state index in [1.807, 2.05) is 51.2 Å². The molecule has 1 N–H and O–H groups in total. The summed E-state index contributed by atoms with van der Waals surface area (Å²) in [6, 6.07) is 15.0. The van der Waals surface area contributed by atoms with Gasteiger partial charge in [-0.25, -0.2) is 0 Å². The summed E-state index contributed by atoms with van der Waals surface area (Å²) in [6.07, 6.45) is 2.19. The number of likely N-dealkylation sites (tertiary alicyclic amines) is 1. The number of anilines is 2. The lowest BCUT2D eigenvalue weighted by atomic mass is 9.83. The summed E-state index contributed by atoms with van der Waals surface area (Å²) in [5.41, 5.74) is 3.35. The SMILES string of the molecule is C[C@@H]1C[C@H](C)CN(C(=O)c2ccc(N3C[C@H]4C[C@@H](C3)c3cccc(=O)n3C4)c(NC(=O)c3cccs3)c2)C1. The van der Waals surface area contributed by atoms with E-state index in [1.54, 1.807) is 6.07 Å². The van der Waals surface area contributed by atoms with E-state index in [0.29, 0.717) is 40.4 Å². The van der Waals surface area contributed by atoms with E-state index in [-0.39, 0.29) is 23.3 Å². The van der Waals surface area contributed by atoms with Crippen LogP contribution < -0.4 is 15.8 Å². The minimum Gasteiger partial charge on any atom is -0.369 e. The number of fused-ring (bicyclic) bond motifs is 4. The predicted molar refractivity (Wildman–Crippen MR) is 151 cm³/mol. The number of thiophene rings is 1. The number of hydrogen-bond donors (Lipinski definition) is 1. The van der Waals surface area contributed by atoms with Gasteiger partial charge >= 0.3 is 0 Å². The molecule has 0 radical (unpaired) electrons. The molecule has 4 atom stereocenters. The minimum absolute atomic E-state index is 0.0189. The lowest BCUT2D eigenvalue weighted by molar-refractivity contribution is 0.0623. The summed E-state index contributed by atoms with van der Waals surface area (Å²) in [6.45, 7) is 8.19. The van der Waals surface area contributed by atoms with Crippen molar-refractivity contribution in [1.29, 1.82) is 0 Å². The van der Waals surface area contributed by atoms with Gasteiger partial charge in [-0.15, -0.1) is 11.3 Å². The Labute approximate surface area is 227 Å². The molecule has 0 unspecified atom stereocenters. The van der Waals surface area contributed by atoms with Gasteiger partial charge in [-0.2, -0.15) is 0 Å². The summed E-state index contributed by atoms with van der Waals surface area (Å²) in [4.78, 5) is 44.1. The molecule has 0 saturated carbocycles. The van der Waals surface area contributed by atoms with Crippen molar-refractivity contribution in [3.05, 3.63) is 80.4 Å². The van der Waals surface area contributed by atoms with Crippen molar-refractivity contribution >= 4 is 34.5 Å². The smallest absolute Gasteiger partial charge is 0.265 e. The Morgan fingerprint density at radius 2 is 1.74 bits per heavy atom. The molecule has 1 aromatic carbocycles. The third-order valence-electron chi connectivity index (χ3n) is 8.21. The summed E-state index contributed by atoms with van der Waals surface area (Å²) >= 11 is 1.40. The highest BCUT2D eigenvalue weighted by molar-refractivity contribution is 7.12. The third-order valence-corrected chi connectivity index (χ3v) is 9.08. The second-order valence-corrected chi connectivity index (χ2v) is 12.4. The Balaban J connectivity index is 1.33. The summed E-state index contributed by atoms with van der Waals surface area (Å²) in [5, 5.41) is 5.01. The van der Waals surface area contributed by atoms with E-state index in [2.05, 4.69) is 30.1 Å². The lowest BCUT2D eigenvalue weighted by Gasteiger charge is -2.44. The summed E-state index contributed by atoms with van der Waals surface area (Å²) in [7, 11) is 0. The van der Waals surface area contributed by atoms with Gasteiger partial charge in [-0.05, 0) is 66.3 Å². The average Bonchev–Trinajstić information content (AvgIpc) is 3.44. The highest BCUT2D eigenvalue weighted by Gasteiger charge is 2.35. The number of nitrogens with zero attached hydrogens (tertiary/aromatic N) is 3. The molecule has 2 fully saturated rings. The lowest BCUT2D eigenvalue weighted by Crippen LogP contribution is -2.47. The number of amides is 2. The standard InChI is InChI=1S/C30H34N4O3S/c1-19-11-20(2)15-33(14-19)30(37)22-8-9-26(24(13-22)31-29(36)27-6-4-10-38-27)32-16-21-12-23(18-32)25-5-3-7-28(35)34(25)17-21/h3-10,13,19-21,23H,11-12,14-18H2,1-2H3,(H,31,36)/t19-,20+,21-,23+/m1/s1. The zero-order chi connectivity index (χ0) is 26.4. The number of piperidine rings is 2. The van der Waals surface area contributed by atoms with Crippen LogP contribution in [-0.4, -0.2) is 47.5 Å². The van der Waals surface area contributed by atoms with E-state index < -0.39 is 0 Å². The highest BCUT2D eigenvalue weighted by Crippen LogP contribution is 2.39. The zero-order valence-electron chi connectivity index (χ0n) is 21.9. The van der Waals surface area contributed by atoms with Gasteiger partial charge in [0.2, 0.25) is 0 Å². The van der Waals surface area contributed by atoms with Crippen LogP contribution in [0.15, 0.2) is 58.7 Å². The molecule has 2 amide bonds. The number of pyridine rings is 1. The Kier molecular flexibility index (Phi) is 6.60. The second-order valence-electron chi connectivity index (χ2n) is 11.4. The molecule has 6 rings (SSSR count). The molecule has 3 aromatic rings. The fourth-order valence-corrected chi connectivity index (χ4v) is 7.36. The summed E-state index contributed by atoms with van der Waals surface area (Å²) in [5.74, 6) is 1.39. The first-order valence-corrected chi connectivity index (χ1v) is 14.5. The fourth-order valence-electron chi connectivity index (χ4n) is 6.74. The maximum Gasteiger partial charge on any atom is 0.265 e. The molecule has 3 aliphatic heterocycles. The molecule has 2 bridgehead atoms. The number of carbonyl (C=O) groups excluding carboxylic acids is 2. The first-order chi connectivity index (χ1) is 18.4. The maximum atomic E-state index is 13.5. The fraction of sp³-hybridized carbons (Fsp3) is 0.433. The first kappa shape index (κ1) is 24.9. The van der Waals surface area contributed by atoms with Crippen LogP contribution in [0.5, 0.6) is 0 Å². The van der Waals surface area contributed by atoms with Gasteiger partial charge < -0.3 is 19.7 Å². The van der Waals surface area contributed by atoms with Crippen molar-refractivity contribution in [2.24, 2.45) is 17.8 Å². The Bertz CT molecular complexity index is 1410. The van der Waals surface area contributed by atoms with Crippen LogP contribution in [-0.2, 0) is 6.54 Å². The van der Waals surface area contributed by atoms with Crippen LogP contribution in [0.1, 0.15) is 58.3 Å². The van der Waals surface area contributed by atoms with Gasteiger partial charge in [-0.3, -0.25) is 14.4 Å². The quantitative estimate of drug-likeness (QED) is 0.521. The van der Waals surface area contributed by atoms with E-state index in [0.717, 1.165) is 50.4 Å². The van der Waals surface area contributed by atoms with Crippen molar-refractivity contribution in [2.75, 3.05) is 36.4 Å². The van der Waals surface area contributed by atoms with Gasteiger partial charge in [-0.1, -0.05) is 26.0 Å². The molecule has 0 spiro atoms. The summed E-state index contributed by atoms with van der Waals surface area (Å²) < 4.78 is 1.93. The Morgan fingerprint density at radius 1 is 0.921 bits per heavy atom. The number of benzene rings is 1. The largest absolute Gasteiger partial charge is 0.369 e. The molecule has 2 saturated heterocycles. The number of aromatic nitrogens is 1.